The van der Waals surface area contributed by atoms with Gasteiger partial charge in [0.05, 0.1) is 14.2 Å². The number of phenolic OH excluding ortho intramolecular Hbond substituents is 1. The smallest absolute Gasteiger partial charge is 0.161 e. The van der Waals surface area contributed by atoms with Gasteiger partial charge in [-0.2, -0.15) is 0 Å². The van der Waals surface area contributed by atoms with Gasteiger partial charge in [0.1, 0.15) is 5.75 Å². The number of anilines is 1. The van der Waals surface area contributed by atoms with Gasteiger partial charge < -0.3 is 19.9 Å². The Morgan fingerprint density at radius 2 is 1.79 bits per heavy atom. The molecule has 100 valence electrons. The molecule has 0 bridgehead atoms. The Kier molecular flexibility index (Phi) is 4.13. The van der Waals surface area contributed by atoms with E-state index in [0.717, 1.165) is 11.3 Å². The third kappa shape index (κ3) is 3.31. The van der Waals surface area contributed by atoms with E-state index in [9.17, 15) is 5.11 Å². The fraction of sp³-hybridized carbons (Fsp3) is 0.200. The molecule has 0 aliphatic carbocycles. The molecule has 0 atom stereocenters. The first-order chi connectivity index (χ1) is 9.22. The van der Waals surface area contributed by atoms with E-state index in [4.69, 9.17) is 9.47 Å². The van der Waals surface area contributed by atoms with Crippen molar-refractivity contribution in [3.63, 3.8) is 0 Å². The minimum atomic E-state index is 0.248. The number of ether oxygens (including phenoxy) is 2. The van der Waals surface area contributed by atoms with Crippen molar-refractivity contribution >= 4 is 5.69 Å². The number of methoxy groups -OCH3 is 2. The van der Waals surface area contributed by atoms with Crippen molar-refractivity contribution in [2.24, 2.45) is 0 Å². The highest BCUT2D eigenvalue weighted by Gasteiger charge is 2.04. The van der Waals surface area contributed by atoms with Crippen molar-refractivity contribution in [3.8, 4) is 17.2 Å². The lowest BCUT2D eigenvalue weighted by molar-refractivity contribution is 0.354. The van der Waals surface area contributed by atoms with Gasteiger partial charge in [-0.3, -0.25) is 0 Å². The van der Waals surface area contributed by atoms with Crippen molar-refractivity contribution in [2.75, 3.05) is 19.5 Å². The van der Waals surface area contributed by atoms with Crippen LogP contribution in [0.3, 0.4) is 0 Å². The molecular formula is C15H17NO3. The van der Waals surface area contributed by atoms with Gasteiger partial charge in [-0.1, -0.05) is 12.1 Å². The summed E-state index contributed by atoms with van der Waals surface area (Å²) in [6.07, 6.45) is 0. The minimum Gasteiger partial charge on any atom is -0.508 e. The maximum absolute atomic E-state index is 9.38. The molecule has 0 aliphatic heterocycles. The normalized spacial score (nSPS) is 10.0. The van der Waals surface area contributed by atoms with Crippen molar-refractivity contribution in [2.45, 2.75) is 6.54 Å². The van der Waals surface area contributed by atoms with Crippen LogP contribution in [0.5, 0.6) is 17.2 Å². The highest BCUT2D eigenvalue weighted by atomic mass is 16.5. The Hall–Kier alpha value is -2.36. The van der Waals surface area contributed by atoms with Gasteiger partial charge in [-0.15, -0.1) is 0 Å². The first-order valence-electron chi connectivity index (χ1n) is 5.96. The van der Waals surface area contributed by atoms with Crippen LogP contribution in [0.4, 0.5) is 5.69 Å². The van der Waals surface area contributed by atoms with Crippen LogP contribution in [-0.2, 0) is 6.54 Å². The zero-order chi connectivity index (χ0) is 13.7. The maximum Gasteiger partial charge on any atom is 0.161 e. The lowest BCUT2D eigenvalue weighted by Crippen LogP contribution is -2.00. The molecule has 0 heterocycles. The van der Waals surface area contributed by atoms with Gasteiger partial charge in [0, 0.05) is 18.3 Å². The molecule has 2 N–H and O–H groups in total. The van der Waals surface area contributed by atoms with Crippen molar-refractivity contribution < 1.29 is 14.6 Å². The van der Waals surface area contributed by atoms with Crippen LogP contribution in [0.25, 0.3) is 0 Å². The first-order valence-corrected chi connectivity index (χ1v) is 5.96. The van der Waals surface area contributed by atoms with Gasteiger partial charge in [0.25, 0.3) is 0 Å². The number of benzene rings is 2. The second-order valence-electron chi connectivity index (χ2n) is 4.09. The summed E-state index contributed by atoms with van der Waals surface area (Å²) >= 11 is 0. The van der Waals surface area contributed by atoms with Crippen LogP contribution in [0.15, 0.2) is 42.5 Å². The molecule has 19 heavy (non-hydrogen) atoms. The average Bonchev–Trinajstić information content (AvgIpc) is 2.45. The molecule has 0 saturated carbocycles. The lowest BCUT2D eigenvalue weighted by atomic mass is 10.2. The van der Waals surface area contributed by atoms with E-state index in [1.165, 1.54) is 0 Å². The molecular weight excluding hydrogens is 242 g/mol. The van der Waals surface area contributed by atoms with Crippen LogP contribution in [0.1, 0.15) is 5.56 Å². The van der Waals surface area contributed by atoms with E-state index in [-0.39, 0.29) is 5.75 Å². The summed E-state index contributed by atoms with van der Waals surface area (Å²) in [6.45, 7) is 0.643. The number of rotatable bonds is 5. The largest absolute Gasteiger partial charge is 0.508 e. The summed E-state index contributed by atoms with van der Waals surface area (Å²) in [4.78, 5) is 0. The summed E-state index contributed by atoms with van der Waals surface area (Å²) in [5.74, 6) is 1.67. The molecule has 4 nitrogen and oxygen atoms in total. The predicted molar refractivity (Wildman–Crippen MR) is 75.0 cm³/mol. The molecule has 2 aromatic rings. The monoisotopic (exact) mass is 259 g/mol. The van der Waals surface area contributed by atoms with Crippen molar-refractivity contribution in [1.82, 2.24) is 0 Å². The number of phenols is 1. The molecule has 0 unspecified atom stereocenters. The Balaban J connectivity index is 2.07. The average molecular weight is 259 g/mol. The van der Waals surface area contributed by atoms with E-state index in [2.05, 4.69) is 5.32 Å². The van der Waals surface area contributed by atoms with Crippen LogP contribution in [0.2, 0.25) is 0 Å². The zero-order valence-corrected chi connectivity index (χ0v) is 11.0. The fourth-order valence-corrected chi connectivity index (χ4v) is 1.81. The SMILES string of the molecule is COc1ccc(CNc2cccc(O)c2)cc1OC. The van der Waals surface area contributed by atoms with Gasteiger partial charge >= 0.3 is 0 Å². The molecule has 0 aromatic heterocycles. The van der Waals surface area contributed by atoms with Gasteiger partial charge in [0.2, 0.25) is 0 Å². The van der Waals surface area contributed by atoms with Crippen LogP contribution < -0.4 is 14.8 Å². The van der Waals surface area contributed by atoms with E-state index in [1.54, 1.807) is 32.4 Å². The van der Waals surface area contributed by atoms with E-state index < -0.39 is 0 Å². The molecule has 2 aromatic carbocycles. The van der Waals surface area contributed by atoms with Crippen molar-refractivity contribution in [1.29, 1.82) is 0 Å². The fourth-order valence-electron chi connectivity index (χ4n) is 1.81. The number of aromatic hydroxyl groups is 1. The Labute approximate surface area is 112 Å². The molecule has 0 aliphatic rings. The molecule has 0 radical (unpaired) electrons. The van der Waals surface area contributed by atoms with Crippen molar-refractivity contribution in [3.05, 3.63) is 48.0 Å². The highest BCUT2D eigenvalue weighted by molar-refractivity contribution is 5.49. The molecule has 2 rings (SSSR count). The van der Waals surface area contributed by atoms with Crippen LogP contribution in [0, 0.1) is 0 Å². The molecule has 0 saturated heterocycles. The van der Waals surface area contributed by atoms with Crippen LogP contribution in [-0.4, -0.2) is 19.3 Å². The summed E-state index contributed by atoms with van der Waals surface area (Å²) < 4.78 is 10.4. The third-order valence-corrected chi connectivity index (χ3v) is 2.79. The van der Waals surface area contributed by atoms with E-state index in [1.807, 2.05) is 24.3 Å². The van der Waals surface area contributed by atoms with E-state index >= 15 is 0 Å². The quantitative estimate of drug-likeness (QED) is 0.866. The van der Waals surface area contributed by atoms with Gasteiger partial charge in [0.15, 0.2) is 11.5 Å². The second kappa shape index (κ2) is 6.00. The molecule has 0 fully saturated rings. The minimum absolute atomic E-state index is 0.248. The Morgan fingerprint density at radius 3 is 2.47 bits per heavy atom. The maximum atomic E-state index is 9.38. The third-order valence-electron chi connectivity index (χ3n) is 2.79. The number of hydrogen-bond donors (Lipinski definition) is 2. The Bertz CT molecular complexity index is 555. The topological polar surface area (TPSA) is 50.7 Å². The molecule has 4 heteroatoms. The summed E-state index contributed by atoms with van der Waals surface area (Å²) in [7, 11) is 3.23. The first kappa shape index (κ1) is 13.1. The lowest BCUT2D eigenvalue weighted by Gasteiger charge is -2.11. The van der Waals surface area contributed by atoms with Gasteiger partial charge in [-0.05, 0) is 29.8 Å². The zero-order valence-electron chi connectivity index (χ0n) is 11.0. The summed E-state index contributed by atoms with van der Waals surface area (Å²) in [5, 5.41) is 12.6. The Morgan fingerprint density at radius 1 is 1.00 bits per heavy atom. The highest BCUT2D eigenvalue weighted by Crippen LogP contribution is 2.28. The molecule has 0 amide bonds. The number of hydrogen-bond acceptors (Lipinski definition) is 4. The van der Waals surface area contributed by atoms with Gasteiger partial charge in [-0.25, -0.2) is 0 Å². The number of nitrogens with one attached hydrogen (secondary N) is 1. The second-order valence-corrected chi connectivity index (χ2v) is 4.09. The molecule has 0 spiro atoms. The summed E-state index contributed by atoms with van der Waals surface area (Å²) in [5.41, 5.74) is 1.94. The van der Waals surface area contributed by atoms with Crippen LogP contribution >= 0.6 is 0 Å². The standard InChI is InChI=1S/C15H17NO3/c1-18-14-7-6-11(8-15(14)19-2)10-16-12-4-3-5-13(17)9-12/h3-9,16-17H,10H2,1-2H3. The van der Waals surface area contributed by atoms with E-state index in [0.29, 0.717) is 18.0 Å². The summed E-state index contributed by atoms with van der Waals surface area (Å²) in [6, 6.07) is 12.8. The predicted octanol–water partition coefficient (Wildman–Crippen LogP) is 3.02.